The normalized spacial score (nSPS) is 11.6. The zero-order valence-electron chi connectivity index (χ0n) is 16.6. The molecule has 0 aliphatic carbocycles. The molecule has 31 heavy (non-hydrogen) atoms. The van der Waals surface area contributed by atoms with E-state index in [1.807, 2.05) is 60.7 Å². The Labute approximate surface area is 208 Å². The van der Waals surface area contributed by atoms with Crippen molar-refractivity contribution in [1.82, 2.24) is 0 Å². The van der Waals surface area contributed by atoms with Gasteiger partial charge in [-0.25, -0.2) is 22.0 Å². The summed E-state index contributed by atoms with van der Waals surface area (Å²) in [6.07, 6.45) is 0. The summed E-state index contributed by atoms with van der Waals surface area (Å²) >= 11 is 6.10. The molecule has 3 rings (SSSR count). The van der Waals surface area contributed by atoms with E-state index in [4.69, 9.17) is 16.7 Å². The summed E-state index contributed by atoms with van der Waals surface area (Å²) in [6, 6.07) is 20.3. The van der Waals surface area contributed by atoms with Crippen molar-refractivity contribution in [3.8, 4) is 0 Å². The van der Waals surface area contributed by atoms with Crippen LogP contribution >= 0.6 is 11.6 Å². The zero-order chi connectivity index (χ0) is 21.9. The first-order valence-electron chi connectivity index (χ1n) is 8.71. The van der Waals surface area contributed by atoms with Crippen molar-refractivity contribution in [2.45, 2.75) is 22.9 Å². The van der Waals surface area contributed by atoms with Crippen LogP contribution in [0.3, 0.4) is 0 Å². The molecule has 0 atom stereocenters. The molecule has 0 unspecified atom stereocenters. The number of primary sulfonamides is 1. The zero-order valence-corrected chi connectivity index (χ0v) is 21.0. The largest absolute Gasteiger partial charge is 1.00 e. The molecule has 0 saturated heterocycles. The fourth-order valence-electron chi connectivity index (χ4n) is 3.02. The van der Waals surface area contributed by atoms with Crippen LogP contribution in [0, 0.1) is 0 Å². The number of anilines is 1. The standard InChI is InChI=1S/C20H19ClN2O5S2.Na/c21-17-11-18(20(30(26,27)28)12-19(17)29(22,24)25)23(13-15-7-3-1-4-8-15)14-16-9-5-2-6-10-16;/h1-12H,13-14H2,(H2,22,24,25)(H,26,27,28);/q;+1/p-1. The summed E-state index contributed by atoms with van der Waals surface area (Å²) < 4.78 is 59.5. The first kappa shape index (κ1) is 25.8. The van der Waals surface area contributed by atoms with E-state index in [9.17, 15) is 21.4 Å². The van der Waals surface area contributed by atoms with Gasteiger partial charge in [-0.2, -0.15) is 0 Å². The fraction of sp³-hybridized carbons (Fsp3) is 0.100. The quantitative estimate of drug-likeness (QED) is 0.372. The average Bonchev–Trinajstić information content (AvgIpc) is 2.67. The van der Waals surface area contributed by atoms with E-state index in [0.29, 0.717) is 0 Å². The van der Waals surface area contributed by atoms with Gasteiger partial charge >= 0.3 is 29.6 Å². The minimum absolute atomic E-state index is 0. The first-order valence-corrected chi connectivity index (χ1v) is 12.0. The van der Waals surface area contributed by atoms with Gasteiger partial charge in [-0.1, -0.05) is 72.3 Å². The van der Waals surface area contributed by atoms with Crippen LogP contribution in [-0.2, 0) is 33.2 Å². The molecule has 2 N–H and O–H groups in total. The second-order valence-electron chi connectivity index (χ2n) is 6.58. The summed E-state index contributed by atoms with van der Waals surface area (Å²) in [5, 5.41) is 4.85. The number of benzene rings is 3. The van der Waals surface area contributed by atoms with E-state index in [1.165, 1.54) is 0 Å². The molecule has 0 fully saturated rings. The van der Waals surface area contributed by atoms with Gasteiger partial charge < -0.3 is 9.45 Å². The molecule has 0 heterocycles. The smallest absolute Gasteiger partial charge is 0.744 e. The molecule has 0 bridgehead atoms. The number of sulfonamides is 1. The molecular weight excluding hydrogens is 471 g/mol. The summed E-state index contributed by atoms with van der Waals surface area (Å²) in [6.45, 7) is 0.507. The van der Waals surface area contributed by atoms with Crippen LogP contribution in [0.15, 0.2) is 82.6 Å². The van der Waals surface area contributed by atoms with Gasteiger partial charge in [0.15, 0.2) is 0 Å². The van der Waals surface area contributed by atoms with Crippen LogP contribution in [-0.4, -0.2) is 21.4 Å². The van der Waals surface area contributed by atoms with Gasteiger partial charge in [0.1, 0.15) is 15.0 Å². The van der Waals surface area contributed by atoms with Gasteiger partial charge in [-0.3, -0.25) is 0 Å². The Morgan fingerprint density at radius 1 is 0.806 bits per heavy atom. The molecule has 0 aliphatic heterocycles. The molecule has 0 radical (unpaired) electrons. The predicted molar refractivity (Wildman–Crippen MR) is 114 cm³/mol. The molecule has 0 amide bonds. The van der Waals surface area contributed by atoms with Gasteiger partial charge in [0.25, 0.3) is 0 Å². The number of halogens is 1. The Kier molecular flexibility index (Phi) is 8.71. The van der Waals surface area contributed by atoms with Gasteiger partial charge in [0.2, 0.25) is 10.0 Å². The Balaban J connectivity index is 0.00000341. The molecule has 3 aromatic rings. The average molecular weight is 489 g/mol. The summed E-state index contributed by atoms with van der Waals surface area (Å²) in [7, 11) is -9.36. The van der Waals surface area contributed by atoms with Crippen LogP contribution in [0.2, 0.25) is 5.02 Å². The molecule has 0 aromatic heterocycles. The second kappa shape index (κ2) is 10.5. The Hall–Kier alpha value is -1.43. The topological polar surface area (TPSA) is 121 Å². The molecule has 158 valence electrons. The van der Waals surface area contributed by atoms with Crippen molar-refractivity contribution in [2.75, 3.05) is 4.90 Å². The van der Waals surface area contributed by atoms with Gasteiger partial charge in [0, 0.05) is 13.1 Å². The number of nitrogens with two attached hydrogens (primary N) is 1. The van der Waals surface area contributed by atoms with Crippen molar-refractivity contribution >= 4 is 37.4 Å². The number of hydrogen-bond acceptors (Lipinski definition) is 6. The van der Waals surface area contributed by atoms with E-state index in [-0.39, 0.29) is 53.4 Å². The van der Waals surface area contributed by atoms with E-state index in [0.717, 1.165) is 23.3 Å². The summed E-state index contributed by atoms with van der Waals surface area (Å²) in [5.41, 5.74) is 1.71. The maximum Gasteiger partial charge on any atom is 1.00 e. The molecule has 0 aliphatic rings. The Morgan fingerprint density at radius 2 is 1.26 bits per heavy atom. The summed E-state index contributed by atoms with van der Waals surface area (Å²) in [5.74, 6) is 0. The van der Waals surface area contributed by atoms with Crippen LogP contribution < -0.4 is 39.6 Å². The molecular formula is C20H18ClN2NaO5S2. The van der Waals surface area contributed by atoms with Crippen LogP contribution in [0.1, 0.15) is 11.1 Å². The monoisotopic (exact) mass is 488 g/mol. The van der Waals surface area contributed by atoms with Crippen molar-refractivity contribution in [1.29, 1.82) is 0 Å². The van der Waals surface area contributed by atoms with Crippen molar-refractivity contribution in [2.24, 2.45) is 5.14 Å². The molecule has 7 nitrogen and oxygen atoms in total. The third kappa shape index (κ3) is 6.77. The van der Waals surface area contributed by atoms with Gasteiger partial charge in [-0.15, -0.1) is 0 Å². The number of rotatable bonds is 7. The van der Waals surface area contributed by atoms with E-state index < -0.39 is 29.9 Å². The summed E-state index contributed by atoms with van der Waals surface area (Å²) in [4.78, 5) is 0.318. The minimum atomic E-state index is -5.03. The molecule has 11 heteroatoms. The van der Waals surface area contributed by atoms with E-state index in [1.54, 1.807) is 4.90 Å². The van der Waals surface area contributed by atoms with Gasteiger partial charge in [-0.05, 0) is 23.3 Å². The molecule has 3 aromatic carbocycles. The Bertz CT molecular complexity index is 1210. The van der Waals surface area contributed by atoms with Crippen molar-refractivity contribution < 1.29 is 50.9 Å². The van der Waals surface area contributed by atoms with E-state index >= 15 is 0 Å². The van der Waals surface area contributed by atoms with E-state index in [2.05, 4.69) is 0 Å². The Morgan fingerprint density at radius 3 is 1.65 bits per heavy atom. The fourth-order valence-corrected chi connectivity index (χ4v) is 4.90. The van der Waals surface area contributed by atoms with Gasteiger partial charge in [0.05, 0.1) is 15.6 Å². The van der Waals surface area contributed by atoms with Crippen molar-refractivity contribution in [3.63, 3.8) is 0 Å². The van der Waals surface area contributed by atoms with Crippen LogP contribution in [0.25, 0.3) is 0 Å². The van der Waals surface area contributed by atoms with Crippen LogP contribution in [0.4, 0.5) is 5.69 Å². The second-order valence-corrected chi connectivity index (χ2v) is 9.86. The maximum atomic E-state index is 12.0. The van der Waals surface area contributed by atoms with Crippen LogP contribution in [0.5, 0.6) is 0 Å². The predicted octanol–water partition coefficient (Wildman–Crippen LogP) is 0.102. The molecule has 0 spiro atoms. The third-order valence-corrected chi connectivity index (χ3v) is 6.60. The SMILES string of the molecule is NS(=O)(=O)c1cc(S(=O)(=O)[O-])c(N(Cc2ccccc2)Cc2ccccc2)cc1Cl.[Na+]. The minimum Gasteiger partial charge on any atom is -0.744 e. The molecule has 0 saturated carbocycles. The maximum absolute atomic E-state index is 12.0. The number of hydrogen-bond donors (Lipinski definition) is 1. The first-order chi connectivity index (χ1) is 14.1. The van der Waals surface area contributed by atoms with Crippen molar-refractivity contribution in [3.05, 3.63) is 88.9 Å². The third-order valence-electron chi connectivity index (χ3n) is 4.36. The number of nitrogens with zero attached hydrogens (tertiary/aromatic N) is 1.